The molecule has 8 heteroatoms. The number of aliphatic imine (C=N–C) groups is 2. The van der Waals surface area contributed by atoms with Crippen LogP contribution in [-0.4, -0.2) is 60.4 Å². The second-order valence-electron chi connectivity index (χ2n) is 11.8. The zero-order chi connectivity index (χ0) is 33.0. The predicted octanol–water partition coefficient (Wildman–Crippen LogP) is 6.50. The van der Waals surface area contributed by atoms with Gasteiger partial charge in [-0.3, -0.25) is 19.6 Å². The van der Waals surface area contributed by atoms with E-state index < -0.39 is 11.6 Å². The molecule has 5 aromatic rings. The Morgan fingerprint density at radius 2 is 0.979 bits per heavy atom. The molecule has 0 heterocycles. The number of fused-ring (bicyclic) bond motifs is 4. The summed E-state index contributed by atoms with van der Waals surface area (Å²) in [6, 6.07) is 31.0. The fourth-order valence-electron chi connectivity index (χ4n) is 6.54. The molecule has 7 rings (SSSR count). The zero-order valence-corrected chi connectivity index (χ0v) is 26.2. The number of ketones is 2. The average molecular weight is 635 g/mol. The number of hydrogen-bond donors (Lipinski definition) is 4. The molecule has 5 aromatic carbocycles. The van der Waals surface area contributed by atoms with E-state index in [0.717, 1.165) is 32.7 Å². The first-order valence-electron chi connectivity index (χ1n) is 16.0. The standard InChI is InChI=1S/C40H34N4O4/c45-33-17-18-34(46)38-37(33)39(47)35-31(43-21-19-41-23-27-11-5-9-25-7-1-3-13-29(25)27)15-16-32(36(35)40(38)48)44-22-20-42-24-28-12-6-10-26-8-2-4-14-30(26)28/h1-14,17-18,23-24,43-46H,15-16,19-22H2/b41-23+,42-24+. The summed E-state index contributed by atoms with van der Waals surface area (Å²) in [5.41, 5.74) is 3.39. The lowest BCUT2D eigenvalue weighted by Gasteiger charge is -2.30. The van der Waals surface area contributed by atoms with E-state index in [4.69, 9.17) is 0 Å². The van der Waals surface area contributed by atoms with Crippen LogP contribution in [-0.2, 0) is 0 Å². The van der Waals surface area contributed by atoms with Crippen molar-refractivity contribution in [3.63, 3.8) is 0 Å². The third kappa shape index (κ3) is 5.84. The molecule has 0 aromatic heterocycles. The SMILES string of the molecule is O=C1C2=C(NCC/N=C/c3cccc4ccccc34)CCC(NCC/N=C/c3cccc4ccccc34)=C2C(=O)c2c(O)ccc(O)c21. The molecule has 0 radical (unpaired) electrons. The predicted molar refractivity (Wildman–Crippen MR) is 191 cm³/mol. The Balaban J connectivity index is 1.11. The summed E-state index contributed by atoms with van der Waals surface area (Å²) in [6.45, 7) is 1.78. The highest BCUT2D eigenvalue weighted by molar-refractivity contribution is 6.33. The van der Waals surface area contributed by atoms with Crippen LogP contribution in [0.15, 0.2) is 130 Å². The van der Waals surface area contributed by atoms with Crippen LogP contribution >= 0.6 is 0 Å². The van der Waals surface area contributed by atoms with Gasteiger partial charge in [-0.15, -0.1) is 0 Å². The number of aromatic hydroxyl groups is 2. The van der Waals surface area contributed by atoms with Crippen molar-refractivity contribution in [1.29, 1.82) is 0 Å². The summed E-state index contributed by atoms with van der Waals surface area (Å²) in [5, 5.41) is 32.4. The van der Waals surface area contributed by atoms with Crippen molar-refractivity contribution in [3.05, 3.63) is 142 Å². The van der Waals surface area contributed by atoms with E-state index in [9.17, 15) is 19.8 Å². The van der Waals surface area contributed by atoms with Crippen molar-refractivity contribution in [3.8, 4) is 11.5 Å². The van der Waals surface area contributed by atoms with Crippen LogP contribution in [0.4, 0.5) is 0 Å². The Hall–Kier alpha value is -6.02. The maximum absolute atomic E-state index is 13.9. The van der Waals surface area contributed by atoms with Gasteiger partial charge in [0.2, 0.25) is 0 Å². The lowest BCUT2D eigenvalue weighted by molar-refractivity contribution is 0.0963. The smallest absolute Gasteiger partial charge is 0.200 e. The first-order chi connectivity index (χ1) is 23.5. The minimum absolute atomic E-state index is 0.173. The molecule has 4 N–H and O–H groups in total. The van der Waals surface area contributed by atoms with Crippen molar-refractivity contribution in [2.75, 3.05) is 26.2 Å². The molecule has 0 bridgehead atoms. The first-order valence-corrected chi connectivity index (χ1v) is 16.0. The molecule has 0 spiro atoms. The van der Waals surface area contributed by atoms with E-state index in [1.54, 1.807) is 0 Å². The Morgan fingerprint density at radius 1 is 0.562 bits per heavy atom. The highest BCUT2D eigenvalue weighted by Crippen LogP contribution is 2.43. The number of Topliss-reactive ketones (excluding diaryl/α,β-unsaturated/α-hetero) is 2. The summed E-state index contributed by atoms with van der Waals surface area (Å²) >= 11 is 0. The van der Waals surface area contributed by atoms with Gasteiger partial charge in [-0.2, -0.15) is 0 Å². The van der Waals surface area contributed by atoms with Gasteiger partial charge in [-0.25, -0.2) is 0 Å². The van der Waals surface area contributed by atoms with E-state index in [0.29, 0.717) is 50.4 Å². The lowest BCUT2D eigenvalue weighted by Crippen LogP contribution is -2.35. The Labute approximate surface area is 277 Å². The molecular formula is C40H34N4O4. The van der Waals surface area contributed by atoms with Crippen LogP contribution in [0, 0.1) is 0 Å². The van der Waals surface area contributed by atoms with Crippen LogP contribution in [0.3, 0.4) is 0 Å². The van der Waals surface area contributed by atoms with Gasteiger partial charge >= 0.3 is 0 Å². The maximum atomic E-state index is 13.9. The molecule has 0 unspecified atom stereocenters. The van der Waals surface area contributed by atoms with Crippen molar-refractivity contribution in [2.24, 2.45) is 9.98 Å². The van der Waals surface area contributed by atoms with Crippen molar-refractivity contribution >= 4 is 45.5 Å². The summed E-state index contributed by atoms with van der Waals surface area (Å²) in [7, 11) is 0. The Kier molecular flexibility index (Phi) is 8.53. The van der Waals surface area contributed by atoms with Gasteiger partial charge in [0.15, 0.2) is 11.6 Å². The van der Waals surface area contributed by atoms with Gasteiger partial charge in [0, 0.05) is 48.0 Å². The minimum Gasteiger partial charge on any atom is -0.507 e. The summed E-state index contributed by atoms with van der Waals surface area (Å²) < 4.78 is 0. The molecule has 2 aliphatic rings. The number of nitrogens with one attached hydrogen (secondary N) is 2. The molecule has 8 nitrogen and oxygen atoms in total. The number of phenols is 2. The van der Waals surface area contributed by atoms with Crippen LogP contribution in [0.1, 0.15) is 44.7 Å². The molecule has 0 saturated heterocycles. The molecule has 2 aliphatic carbocycles. The third-order valence-corrected chi connectivity index (χ3v) is 8.81. The number of allylic oxidation sites excluding steroid dienone is 4. The molecular weight excluding hydrogens is 600 g/mol. The highest BCUT2D eigenvalue weighted by atomic mass is 16.3. The molecule has 0 amide bonds. The number of hydrogen-bond acceptors (Lipinski definition) is 8. The van der Waals surface area contributed by atoms with Gasteiger partial charge in [0.05, 0.1) is 35.4 Å². The van der Waals surface area contributed by atoms with E-state index in [1.807, 2.05) is 61.0 Å². The van der Waals surface area contributed by atoms with Crippen LogP contribution < -0.4 is 10.6 Å². The van der Waals surface area contributed by atoms with Crippen molar-refractivity contribution in [1.82, 2.24) is 10.6 Å². The maximum Gasteiger partial charge on any atom is 0.200 e. The monoisotopic (exact) mass is 634 g/mol. The topological polar surface area (TPSA) is 123 Å². The van der Waals surface area contributed by atoms with Crippen LogP contribution in [0.5, 0.6) is 11.5 Å². The van der Waals surface area contributed by atoms with Gasteiger partial charge in [0.1, 0.15) is 11.5 Å². The fourth-order valence-corrected chi connectivity index (χ4v) is 6.54. The summed E-state index contributed by atoms with van der Waals surface area (Å²) in [5.74, 6) is -1.67. The largest absolute Gasteiger partial charge is 0.507 e. The molecule has 238 valence electrons. The average Bonchev–Trinajstić information content (AvgIpc) is 3.11. The number of carbonyl (C=O) groups is 2. The zero-order valence-electron chi connectivity index (χ0n) is 26.2. The van der Waals surface area contributed by atoms with Crippen LogP contribution in [0.2, 0.25) is 0 Å². The van der Waals surface area contributed by atoms with Gasteiger partial charge in [-0.1, -0.05) is 84.9 Å². The number of nitrogens with zero attached hydrogens (tertiary/aromatic N) is 2. The lowest BCUT2D eigenvalue weighted by atomic mass is 9.76. The molecule has 0 aliphatic heterocycles. The van der Waals surface area contributed by atoms with E-state index in [2.05, 4.69) is 57.0 Å². The Bertz CT molecular complexity index is 2050. The van der Waals surface area contributed by atoms with Crippen LogP contribution in [0.25, 0.3) is 21.5 Å². The van der Waals surface area contributed by atoms with Gasteiger partial charge < -0.3 is 20.8 Å². The second kappa shape index (κ2) is 13.4. The van der Waals surface area contributed by atoms with E-state index >= 15 is 0 Å². The number of rotatable bonds is 10. The molecule has 48 heavy (non-hydrogen) atoms. The number of phenolic OH excluding ortho intramolecular Hbond substituents is 2. The fraction of sp³-hybridized carbons (Fsp3) is 0.150. The summed E-state index contributed by atoms with van der Waals surface area (Å²) in [6.07, 6.45) is 4.68. The Morgan fingerprint density at radius 3 is 1.44 bits per heavy atom. The highest BCUT2D eigenvalue weighted by Gasteiger charge is 2.41. The summed E-state index contributed by atoms with van der Waals surface area (Å²) in [4.78, 5) is 37.1. The second-order valence-corrected chi connectivity index (χ2v) is 11.8. The molecule has 0 saturated carbocycles. The molecule has 0 fully saturated rings. The first kappa shape index (κ1) is 30.6. The van der Waals surface area contributed by atoms with Crippen molar-refractivity contribution < 1.29 is 19.8 Å². The normalized spacial score (nSPS) is 14.8. The van der Waals surface area contributed by atoms with Gasteiger partial charge in [-0.05, 0) is 46.5 Å². The van der Waals surface area contributed by atoms with Crippen molar-refractivity contribution in [2.45, 2.75) is 12.8 Å². The van der Waals surface area contributed by atoms with E-state index in [1.165, 1.54) is 12.1 Å². The number of benzene rings is 5. The van der Waals surface area contributed by atoms with E-state index in [-0.39, 0.29) is 33.8 Å². The third-order valence-electron chi connectivity index (χ3n) is 8.81. The number of carbonyl (C=O) groups excluding carboxylic acids is 2. The quantitative estimate of drug-likeness (QED) is 0.0790. The molecule has 0 atom stereocenters. The minimum atomic E-state index is -0.497. The van der Waals surface area contributed by atoms with Gasteiger partial charge in [0.25, 0.3) is 0 Å².